The first-order valence-corrected chi connectivity index (χ1v) is 21.2. The second kappa shape index (κ2) is 17.4. The van der Waals surface area contributed by atoms with Crippen molar-refractivity contribution in [3.63, 3.8) is 0 Å². The molecule has 3 unspecified atom stereocenters. The third-order valence-electron chi connectivity index (χ3n) is 12.7. The number of methoxy groups -OCH3 is 1. The Bertz CT molecular complexity index is 1400. The Balaban J connectivity index is 1.06. The normalized spacial score (nSPS) is 29.5. The molecule has 1 aromatic carbocycles. The summed E-state index contributed by atoms with van der Waals surface area (Å²) >= 11 is 0. The van der Waals surface area contributed by atoms with E-state index >= 15 is 0 Å². The van der Waals surface area contributed by atoms with Gasteiger partial charge in [0.2, 0.25) is 5.91 Å². The summed E-state index contributed by atoms with van der Waals surface area (Å²) in [5, 5.41) is 0. The van der Waals surface area contributed by atoms with E-state index in [1.54, 1.807) is 11.9 Å². The molecule has 1 heterocycles. The van der Waals surface area contributed by atoms with Gasteiger partial charge in [-0.25, -0.2) is 0 Å². The quantitative estimate of drug-likeness (QED) is 0.0947. The van der Waals surface area contributed by atoms with E-state index in [0.29, 0.717) is 30.4 Å². The van der Waals surface area contributed by atoms with Gasteiger partial charge in [0.25, 0.3) is 5.60 Å². The molecule has 7 nitrogen and oxygen atoms in total. The maximum atomic E-state index is 13.4. The minimum atomic E-state index is -5.62. The number of hydrogen-bond acceptors (Lipinski definition) is 8. The highest BCUT2D eigenvalue weighted by Crippen LogP contribution is 2.62. The van der Waals surface area contributed by atoms with Gasteiger partial charge in [-0.15, -0.1) is 0 Å². The molecule has 3 fully saturated rings. The second-order valence-corrected chi connectivity index (χ2v) is 18.6. The van der Waals surface area contributed by atoms with E-state index in [1.165, 1.54) is 23.1 Å². The lowest BCUT2D eigenvalue weighted by Gasteiger charge is -2.52. The highest BCUT2D eigenvalue weighted by Gasteiger charge is 2.69. The number of carbonyl (C=O) groups excluding carboxylic acids is 1. The Morgan fingerprint density at radius 3 is 2.55 bits per heavy atom. The van der Waals surface area contributed by atoms with Crippen molar-refractivity contribution in [2.45, 2.75) is 107 Å². The van der Waals surface area contributed by atoms with Crippen LogP contribution in [0.4, 0.5) is 26.3 Å². The first-order chi connectivity index (χ1) is 25.4. The van der Waals surface area contributed by atoms with Gasteiger partial charge >= 0.3 is 12.4 Å². The summed E-state index contributed by atoms with van der Waals surface area (Å²) in [6.07, 6.45) is -3.15. The predicted octanol–water partition coefficient (Wildman–Crippen LogP) is 8.07. The van der Waals surface area contributed by atoms with Crippen LogP contribution in [0, 0.1) is 17.3 Å². The molecule has 2 saturated carbocycles. The van der Waals surface area contributed by atoms with Crippen molar-refractivity contribution >= 4 is 27.5 Å². The lowest BCUT2D eigenvalue weighted by atomic mass is 9.55. The molecule has 3 aliphatic carbocycles. The zero-order chi connectivity index (χ0) is 39.5. The van der Waals surface area contributed by atoms with Crippen LogP contribution in [0.15, 0.2) is 18.2 Å². The molecular weight excluding hydrogens is 741 g/mol. The van der Waals surface area contributed by atoms with Crippen molar-refractivity contribution in [1.29, 1.82) is 0 Å². The number of benzene rings is 1. The van der Waals surface area contributed by atoms with Gasteiger partial charge < -0.3 is 19.1 Å². The van der Waals surface area contributed by atoms with Crippen molar-refractivity contribution in [3.05, 3.63) is 29.3 Å². The second-order valence-electron chi connectivity index (χ2n) is 16.0. The predicted molar refractivity (Wildman–Crippen MR) is 198 cm³/mol. The fraction of sp³-hybridized carbons (Fsp3) is 0.816. The lowest BCUT2D eigenvalue weighted by Crippen LogP contribution is -2.57. The van der Waals surface area contributed by atoms with E-state index in [0.717, 1.165) is 75.2 Å². The van der Waals surface area contributed by atoms with Crippen LogP contribution >= 0.6 is 21.6 Å². The minimum absolute atomic E-state index is 0.0106. The van der Waals surface area contributed by atoms with Gasteiger partial charge in [0.15, 0.2) is 0 Å². The summed E-state index contributed by atoms with van der Waals surface area (Å²) in [5.41, 5.74) is -1.56. The molecule has 0 aromatic heterocycles. The Morgan fingerprint density at radius 2 is 1.83 bits per heavy atom. The molecule has 1 aliphatic heterocycles. The molecule has 53 heavy (non-hydrogen) atoms. The van der Waals surface area contributed by atoms with Gasteiger partial charge in [-0.2, -0.15) is 26.3 Å². The number of fused-ring (bicyclic) bond motifs is 5. The molecule has 1 saturated heterocycles. The molecule has 0 radical (unpaired) electrons. The van der Waals surface area contributed by atoms with E-state index in [2.05, 4.69) is 41.8 Å². The first-order valence-electron chi connectivity index (χ1n) is 19.4. The van der Waals surface area contributed by atoms with E-state index in [1.807, 2.05) is 21.6 Å². The van der Waals surface area contributed by atoms with Crippen molar-refractivity contribution in [1.82, 2.24) is 14.7 Å². The topological polar surface area (TPSA) is 54.5 Å². The highest BCUT2D eigenvalue weighted by molar-refractivity contribution is 8.76. The SMILES string of the molecule is [2H]CO[C@H]1C[C@H](CSSCCCOc2ccc3c(c2)CCC2C3CC[C@@]3(C)C2CC[C@@H]3N(C)C(=O)CN(C)CCOC(C)(C(F)(F)F)C(F)(F)F)N(C)C1. The third-order valence-corrected chi connectivity index (χ3v) is 15.3. The molecule has 4 aliphatic rings. The number of alkyl halides is 6. The Hall–Kier alpha value is -1.39. The average molecular weight is 799 g/mol. The number of hydrogen-bond donors (Lipinski definition) is 0. The van der Waals surface area contributed by atoms with Crippen LogP contribution in [0.5, 0.6) is 5.75 Å². The van der Waals surface area contributed by atoms with E-state index < -0.39 is 24.6 Å². The van der Waals surface area contributed by atoms with E-state index in [9.17, 15) is 31.1 Å². The van der Waals surface area contributed by atoms with Crippen LogP contribution in [-0.4, -0.2) is 129 Å². The van der Waals surface area contributed by atoms with Crippen molar-refractivity contribution in [2.24, 2.45) is 17.3 Å². The zero-order valence-electron chi connectivity index (χ0n) is 32.6. The summed E-state index contributed by atoms with van der Waals surface area (Å²) in [5.74, 6) is 4.22. The van der Waals surface area contributed by atoms with Crippen LogP contribution in [0.3, 0.4) is 0 Å². The summed E-state index contributed by atoms with van der Waals surface area (Å²) in [7, 11) is 9.21. The van der Waals surface area contributed by atoms with Crippen molar-refractivity contribution in [2.75, 3.05) is 72.6 Å². The molecular formula is C38H57F6N3O4S2. The number of nitrogens with zero attached hydrogens (tertiary/aromatic N) is 3. The minimum Gasteiger partial charge on any atom is -0.494 e. The number of halogens is 6. The number of amides is 1. The van der Waals surface area contributed by atoms with Crippen LogP contribution in [0.25, 0.3) is 0 Å². The van der Waals surface area contributed by atoms with Crippen LogP contribution < -0.4 is 4.74 Å². The number of likely N-dealkylation sites (N-methyl/N-ethyl adjacent to an activating group) is 3. The third kappa shape index (κ3) is 9.43. The summed E-state index contributed by atoms with van der Waals surface area (Å²) in [6.45, 7) is 2.65. The number of likely N-dealkylation sites (tertiary alicyclic amines) is 1. The monoisotopic (exact) mass is 798 g/mol. The number of carbonyl (C=O) groups is 1. The standard InChI is InChI=1S/C38H57F6N3O4S2/c1-35-15-14-30-29-11-9-27(50-17-7-19-52-53-24-26-21-28(49-6)22-46(26)4)20-25(29)8-10-31(30)32(35)12-13-33(35)47(5)34(48)23-45(3)16-18-51-36(2,37(39,40)41)38(42,43)44/h9,11,20,26,28,30-33H,7-8,10,12-19,21-24H2,1-6H3/t26-,28+,30?,31?,32?,33+,35+/m1/s1/i6D. The Labute approximate surface area is 320 Å². The van der Waals surface area contributed by atoms with Crippen molar-refractivity contribution in [3.8, 4) is 5.75 Å². The van der Waals surface area contributed by atoms with Crippen molar-refractivity contribution < 1.29 is 46.7 Å². The van der Waals surface area contributed by atoms with Gasteiger partial charge in [-0.1, -0.05) is 34.6 Å². The molecule has 15 heteroatoms. The maximum absolute atomic E-state index is 13.4. The maximum Gasteiger partial charge on any atom is 0.426 e. The summed E-state index contributed by atoms with van der Waals surface area (Å²) in [4.78, 5) is 18.9. The molecule has 1 aromatic rings. The molecule has 0 bridgehead atoms. The van der Waals surface area contributed by atoms with Gasteiger partial charge in [-0.05, 0) is 119 Å². The average Bonchev–Trinajstić information content (AvgIpc) is 3.64. The number of aryl methyl sites for hydroxylation is 1. The molecule has 302 valence electrons. The molecule has 1 amide bonds. The lowest BCUT2D eigenvalue weighted by molar-refractivity contribution is -0.374. The largest absolute Gasteiger partial charge is 0.494 e. The first kappa shape index (κ1) is 41.2. The summed E-state index contributed by atoms with van der Waals surface area (Å²) in [6, 6.07) is 7.11. The molecule has 0 N–H and O–H groups in total. The number of rotatable bonds is 16. The van der Waals surface area contributed by atoms with E-state index in [-0.39, 0.29) is 50.6 Å². The van der Waals surface area contributed by atoms with Crippen LogP contribution in [0.2, 0.25) is 0 Å². The zero-order valence-corrected chi connectivity index (χ0v) is 33.2. The van der Waals surface area contributed by atoms with E-state index in [4.69, 9.17) is 10.8 Å². The fourth-order valence-corrected chi connectivity index (χ4v) is 11.9. The van der Waals surface area contributed by atoms with Crippen LogP contribution in [0.1, 0.15) is 77.2 Å². The van der Waals surface area contributed by atoms with Gasteiger partial charge in [0.1, 0.15) is 5.75 Å². The van der Waals surface area contributed by atoms with Crippen LogP contribution in [-0.2, 0) is 20.7 Å². The van der Waals surface area contributed by atoms with Gasteiger partial charge in [0, 0.05) is 50.8 Å². The van der Waals surface area contributed by atoms with Gasteiger partial charge in [0.05, 0.1) is 27.2 Å². The smallest absolute Gasteiger partial charge is 0.426 e. The molecule has 7 atom stereocenters. The number of ether oxygens (including phenoxy) is 3. The van der Waals surface area contributed by atoms with Gasteiger partial charge in [-0.3, -0.25) is 14.6 Å². The Kier molecular flexibility index (Phi) is 13.5. The highest BCUT2D eigenvalue weighted by atomic mass is 33.1. The fourth-order valence-electron chi connectivity index (χ4n) is 9.42. The molecule has 0 spiro atoms. The molecule has 5 rings (SSSR count). The summed E-state index contributed by atoms with van der Waals surface area (Å²) < 4.78 is 102. The Morgan fingerprint density at radius 1 is 1.08 bits per heavy atom.